The van der Waals surface area contributed by atoms with Gasteiger partial charge in [0.2, 0.25) is 0 Å². The molecule has 1 aromatic heterocycles. The SMILES string of the molecule is C[C@]1(O)CCC[C@H]2c3c(c4c5oc(cc(=O)c5c3OC3CCCC3)[C@H](O)C[C@@H](N=C(N)N)CSSC4)O[C@@H]21. The van der Waals surface area contributed by atoms with Crippen LogP contribution in [0.15, 0.2) is 20.3 Å². The van der Waals surface area contributed by atoms with Crippen molar-refractivity contribution in [3.8, 4) is 11.5 Å². The molecule has 2 aliphatic heterocycles. The van der Waals surface area contributed by atoms with Gasteiger partial charge in [0.15, 0.2) is 11.4 Å². The molecular formula is C27H35N3O6S2. The molecule has 0 amide bonds. The number of hydrogen-bond acceptors (Lipinski definition) is 9. The molecule has 2 fully saturated rings. The van der Waals surface area contributed by atoms with E-state index in [9.17, 15) is 15.0 Å². The van der Waals surface area contributed by atoms with Crippen molar-refractivity contribution < 1.29 is 24.1 Å². The lowest BCUT2D eigenvalue weighted by Gasteiger charge is -2.37. The summed E-state index contributed by atoms with van der Waals surface area (Å²) in [6.07, 6.45) is 5.18. The van der Waals surface area contributed by atoms with Gasteiger partial charge < -0.3 is 35.6 Å². The van der Waals surface area contributed by atoms with Crippen molar-refractivity contribution in [1.82, 2.24) is 0 Å². The van der Waals surface area contributed by atoms with E-state index in [2.05, 4.69) is 4.99 Å². The Kier molecular flexibility index (Phi) is 6.99. The van der Waals surface area contributed by atoms with Gasteiger partial charge in [-0.25, -0.2) is 4.99 Å². The Balaban J connectivity index is 1.56. The second kappa shape index (κ2) is 10.1. The monoisotopic (exact) mass is 561 g/mol. The summed E-state index contributed by atoms with van der Waals surface area (Å²) >= 11 is 0. The molecule has 11 heteroatoms. The Bertz CT molecular complexity index is 1320. The first kappa shape index (κ1) is 26.2. The number of ether oxygens (including phenoxy) is 2. The van der Waals surface area contributed by atoms with Gasteiger partial charge in [-0.15, -0.1) is 0 Å². The zero-order valence-corrected chi connectivity index (χ0v) is 23.1. The second-order valence-corrected chi connectivity index (χ2v) is 13.7. The lowest BCUT2D eigenvalue weighted by atomic mass is 9.74. The lowest BCUT2D eigenvalue weighted by Crippen LogP contribution is -2.47. The molecule has 3 heterocycles. The predicted molar refractivity (Wildman–Crippen MR) is 150 cm³/mol. The zero-order valence-electron chi connectivity index (χ0n) is 21.5. The highest BCUT2D eigenvalue weighted by Gasteiger charge is 2.51. The van der Waals surface area contributed by atoms with Crippen LogP contribution in [0.2, 0.25) is 0 Å². The first-order valence-corrected chi connectivity index (χ1v) is 15.9. The number of nitrogens with zero attached hydrogens (tertiary/aromatic N) is 1. The van der Waals surface area contributed by atoms with Gasteiger partial charge in [0, 0.05) is 41.0 Å². The highest BCUT2D eigenvalue weighted by Crippen LogP contribution is 2.57. The summed E-state index contributed by atoms with van der Waals surface area (Å²) < 4.78 is 19.6. The molecule has 0 spiro atoms. The number of fused-ring (bicyclic) bond motifs is 5. The van der Waals surface area contributed by atoms with Gasteiger partial charge in [-0.05, 0) is 51.9 Å². The molecule has 206 valence electrons. The average Bonchev–Trinajstić information content (AvgIpc) is 3.50. The topological polar surface area (TPSA) is 154 Å². The van der Waals surface area contributed by atoms with Crippen LogP contribution in [-0.2, 0) is 5.75 Å². The van der Waals surface area contributed by atoms with Gasteiger partial charge in [-0.2, -0.15) is 0 Å². The fourth-order valence-corrected chi connectivity index (χ4v) is 8.80. The van der Waals surface area contributed by atoms with E-state index in [1.807, 2.05) is 6.92 Å². The van der Waals surface area contributed by atoms with Crippen LogP contribution in [0, 0.1) is 0 Å². The van der Waals surface area contributed by atoms with Gasteiger partial charge in [0.25, 0.3) is 0 Å². The first-order chi connectivity index (χ1) is 18.2. The number of guanidine groups is 1. The molecule has 6 rings (SSSR count). The maximum absolute atomic E-state index is 13.8. The van der Waals surface area contributed by atoms with Gasteiger partial charge in [0.1, 0.15) is 40.4 Å². The second-order valence-electron chi connectivity index (χ2n) is 11.2. The average molecular weight is 562 g/mol. The summed E-state index contributed by atoms with van der Waals surface area (Å²) in [5.41, 5.74) is 12.1. The van der Waals surface area contributed by atoms with Crippen LogP contribution < -0.4 is 26.4 Å². The quantitative estimate of drug-likeness (QED) is 0.247. The molecule has 1 aromatic carbocycles. The third-order valence-corrected chi connectivity index (χ3v) is 10.7. The minimum absolute atomic E-state index is 0.0216. The van der Waals surface area contributed by atoms with E-state index in [-0.39, 0.29) is 41.6 Å². The Morgan fingerprint density at radius 2 is 2.00 bits per heavy atom. The molecular weight excluding hydrogens is 526 g/mol. The van der Waals surface area contributed by atoms with Gasteiger partial charge in [0.05, 0.1) is 17.7 Å². The van der Waals surface area contributed by atoms with Crippen molar-refractivity contribution in [3.63, 3.8) is 0 Å². The van der Waals surface area contributed by atoms with Crippen molar-refractivity contribution in [2.75, 3.05) is 5.75 Å². The summed E-state index contributed by atoms with van der Waals surface area (Å²) in [5.74, 6) is 2.34. The molecule has 4 aliphatic rings. The van der Waals surface area contributed by atoms with Crippen LogP contribution in [0.25, 0.3) is 11.0 Å². The molecule has 0 radical (unpaired) electrons. The maximum Gasteiger partial charge on any atom is 0.196 e. The normalized spacial score (nSPS) is 31.3. The number of aliphatic hydroxyl groups excluding tert-OH is 1. The van der Waals surface area contributed by atoms with Crippen molar-refractivity contribution in [2.24, 2.45) is 16.5 Å². The van der Waals surface area contributed by atoms with Crippen molar-refractivity contribution in [1.29, 1.82) is 0 Å². The molecule has 38 heavy (non-hydrogen) atoms. The lowest BCUT2D eigenvalue weighted by molar-refractivity contribution is -0.0727. The summed E-state index contributed by atoms with van der Waals surface area (Å²) in [7, 11) is 3.20. The fourth-order valence-electron chi connectivity index (χ4n) is 6.51. The molecule has 2 saturated carbocycles. The van der Waals surface area contributed by atoms with E-state index >= 15 is 0 Å². The van der Waals surface area contributed by atoms with Crippen LogP contribution in [0.4, 0.5) is 0 Å². The number of aliphatic hydroxyl groups is 2. The van der Waals surface area contributed by atoms with E-state index in [1.54, 1.807) is 21.6 Å². The van der Waals surface area contributed by atoms with Crippen LogP contribution in [0.3, 0.4) is 0 Å². The summed E-state index contributed by atoms with van der Waals surface area (Å²) in [4.78, 5) is 18.1. The standard InChI is InChI=1S/C27H35N3O6S2/c1-27(33)8-4-7-15-20-22(36-25(15)27)16-12-38-37-11-13(30-26(28)29)9-17(31)19-10-18(32)21(23(16)35-19)24(20)34-14-5-2-3-6-14/h10,13-15,17,25,31,33H,2-9,11-12H2,1H3,(H4,28,29,30)/t13-,15+,17-,25+,27+/m1/s1. The number of aliphatic imine (C=N–C) groups is 1. The van der Waals surface area contributed by atoms with Crippen molar-refractivity contribution in [3.05, 3.63) is 33.2 Å². The Morgan fingerprint density at radius 3 is 2.76 bits per heavy atom. The Hall–Kier alpha value is -2.08. The Morgan fingerprint density at radius 1 is 1.21 bits per heavy atom. The summed E-state index contributed by atoms with van der Waals surface area (Å²) in [5, 5.41) is 22.8. The van der Waals surface area contributed by atoms with E-state index < -0.39 is 17.8 Å². The van der Waals surface area contributed by atoms with Gasteiger partial charge in [-0.1, -0.05) is 21.6 Å². The van der Waals surface area contributed by atoms with E-state index in [0.717, 1.165) is 49.7 Å². The van der Waals surface area contributed by atoms with Crippen LogP contribution in [0.5, 0.6) is 11.5 Å². The summed E-state index contributed by atoms with van der Waals surface area (Å²) in [6, 6.07) is 1.04. The third-order valence-electron chi connectivity index (χ3n) is 8.31. The number of rotatable bonds is 3. The van der Waals surface area contributed by atoms with Gasteiger partial charge >= 0.3 is 0 Å². The van der Waals surface area contributed by atoms with Crippen molar-refractivity contribution in [2.45, 2.75) is 99.9 Å². The molecule has 5 atom stereocenters. The minimum Gasteiger partial charge on any atom is -0.489 e. The molecule has 9 nitrogen and oxygen atoms in total. The first-order valence-electron chi connectivity index (χ1n) is 13.5. The molecule has 6 N–H and O–H groups in total. The van der Waals surface area contributed by atoms with E-state index in [1.165, 1.54) is 6.07 Å². The molecule has 2 aromatic rings. The van der Waals surface area contributed by atoms with E-state index in [4.69, 9.17) is 25.4 Å². The van der Waals surface area contributed by atoms with Crippen LogP contribution in [-0.4, -0.2) is 45.8 Å². The molecule has 2 aliphatic carbocycles. The zero-order chi connectivity index (χ0) is 26.6. The number of benzene rings is 1. The number of nitrogens with two attached hydrogens (primary N) is 2. The fraction of sp³-hybridized carbons (Fsp3) is 0.630. The maximum atomic E-state index is 13.8. The van der Waals surface area contributed by atoms with Crippen LogP contribution in [0.1, 0.15) is 87.2 Å². The van der Waals surface area contributed by atoms with Crippen molar-refractivity contribution >= 4 is 38.5 Å². The highest BCUT2D eigenvalue weighted by atomic mass is 33.1. The molecule has 0 saturated heterocycles. The number of hydrogen-bond donors (Lipinski definition) is 4. The van der Waals surface area contributed by atoms with Crippen LogP contribution >= 0.6 is 21.6 Å². The molecule has 0 unspecified atom stereocenters. The third kappa shape index (κ3) is 4.65. The van der Waals surface area contributed by atoms with Gasteiger partial charge in [-0.3, -0.25) is 4.79 Å². The highest BCUT2D eigenvalue weighted by molar-refractivity contribution is 8.76. The largest absolute Gasteiger partial charge is 0.489 e. The Labute approximate surface area is 229 Å². The minimum atomic E-state index is -1.06. The predicted octanol–water partition coefficient (Wildman–Crippen LogP) is 3.85. The smallest absolute Gasteiger partial charge is 0.196 e. The summed E-state index contributed by atoms with van der Waals surface area (Å²) in [6.45, 7) is 1.83. The van der Waals surface area contributed by atoms with E-state index in [0.29, 0.717) is 40.4 Å². The molecule has 2 bridgehead atoms.